The Hall–Kier alpha value is -1.34. The summed E-state index contributed by atoms with van der Waals surface area (Å²) < 4.78 is 1.16. The van der Waals surface area contributed by atoms with E-state index in [0.717, 1.165) is 4.47 Å². The normalized spacial score (nSPS) is 11.1. The third kappa shape index (κ3) is 1.43. The number of rotatable bonds is 0. The summed E-state index contributed by atoms with van der Waals surface area (Å²) in [5.41, 5.74) is 1.33. The lowest BCUT2D eigenvalue weighted by Gasteiger charge is -2.06. The Morgan fingerprint density at radius 3 is 2.25 bits per heavy atom. The molecule has 16 heavy (non-hydrogen) atoms. The van der Waals surface area contributed by atoms with E-state index in [2.05, 4.69) is 71.4 Å². The largest absolute Gasteiger partial charge is 0.0614 e. The first-order valence-electron chi connectivity index (χ1n) is 5.33. The van der Waals surface area contributed by atoms with E-state index in [4.69, 9.17) is 0 Å². The van der Waals surface area contributed by atoms with Gasteiger partial charge in [0, 0.05) is 4.47 Å². The molecule has 0 spiro atoms. The van der Waals surface area contributed by atoms with Crippen molar-refractivity contribution >= 4 is 37.5 Å². The van der Waals surface area contributed by atoms with Crippen molar-refractivity contribution in [1.82, 2.24) is 0 Å². The minimum absolute atomic E-state index is 1.16. The zero-order chi connectivity index (χ0) is 11.1. The Kier molecular flexibility index (Phi) is 2.22. The van der Waals surface area contributed by atoms with E-state index in [1.165, 1.54) is 27.1 Å². The zero-order valence-corrected chi connectivity index (χ0v) is 10.6. The summed E-state index contributed by atoms with van der Waals surface area (Å²) >= 11 is 3.60. The molecule has 0 heterocycles. The molecule has 0 unspecified atom stereocenters. The molecule has 0 saturated carbocycles. The maximum Gasteiger partial charge on any atom is 0.0253 e. The monoisotopic (exact) mass is 270 g/mol. The summed E-state index contributed by atoms with van der Waals surface area (Å²) in [6.45, 7) is 2.16. The van der Waals surface area contributed by atoms with Crippen molar-refractivity contribution in [3.8, 4) is 0 Å². The van der Waals surface area contributed by atoms with Crippen molar-refractivity contribution in [2.24, 2.45) is 0 Å². The molecule has 3 aromatic rings. The lowest BCUT2D eigenvalue weighted by molar-refractivity contribution is 1.54. The van der Waals surface area contributed by atoms with Crippen molar-refractivity contribution in [1.29, 1.82) is 0 Å². The van der Waals surface area contributed by atoms with Crippen LogP contribution in [-0.2, 0) is 0 Å². The number of benzene rings is 3. The fraction of sp³-hybridized carbons (Fsp3) is 0.0667. The lowest BCUT2D eigenvalue weighted by Crippen LogP contribution is -1.80. The molecule has 0 aliphatic heterocycles. The number of halogens is 1. The Morgan fingerprint density at radius 2 is 1.44 bits per heavy atom. The van der Waals surface area contributed by atoms with Gasteiger partial charge in [0.25, 0.3) is 0 Å². The molecule has 0 aromatic heterocycles. The van der Waals surface area contributed by atoms with Crippen LogP contribution >= 0.6 is 15.9 Å². The topological polar surface area (TPSA) is 0 Å². The predicted octanol–water partition coefficient (Wildman–Crippen LogP) is 5.06. The van der Waals surface area contributed by atoms with E-state index in [1.807, 2.05) is 0 Å². The molecule has 0 aliphatic carbocycles. The second-order valence-electron chi connectivity index (χ2n) is 4.11. The van der Waals surface area contributed by atoms with E-state index in [9.17, 15) is 0 Å². The van der Waals surface area contributed by atoms with Crippen LogP contribution in [0, 0.1) is 6.92 Å². The van der Waals surface area contributed by atoms with Gasteiger partial charge in [-0.3, -0.25) is 0 Å². The second-order valence-corrected chi connectivity index (χ2v) is 4.96. The van der Waals surface area contributed by atoms with E-state index >= 15 is 0 Å². The van der Waals surface area contributed by atoms with Gasteiger partial charge >= 0.3 is 0 Å². The van der Waals surface area contributed by atoms with Crippen molar-refractivity contribution < 1.29 is 0 Å². The molecule has 3 rings (SSSR count). The Labute approximate surface area is 103 Å². The molecule has 0 saturated heterocycles. The highest BCUT2D eigenvalue weighted by atomic mass is 79.9. The second kappa shape index (κ2) is 3.60. The zero-order valence-electron chi connectivity index (χ0n) is 9.00. The van der Waals surface area contributed by atoms with Crippen LogP contribution in [0.15, 0.2) is 53.0 Å². The molecule has 0 bridgehead atoms. The smallest absolute Gasteiger partial charge is 0.0253 e. The first-order chi connectivity index (χ1) is 7.75. The van der Waals surface area contributed by atoms with Crippen LogP contribution in [0.1, 0.15) is 5.56 Å². The van der Waals surface area contributed by atoms with E-state index in [0.29, 0.717) is 0 Å². The number of hydrogen-bond donors (Lipinski definition) is 0. The molecule has 3 aromatic carbocycles. The number of fused-ring (bicyclic) bond motifs is 2. The molecular weight excluding hydrogens is 260 g/mol. The van der Waals surface area contributed by atoms with Crippen molar-refractivity contribution in [3.63, 3.8) is 0 Å². The fourth-order valence-electron chi connectivity index (χ4n) is 2.17. The van der Waals surface area contributed by atoms with Gasteiger partial charge in [-0.1, -0.05) is 46.3 Å². The maximum atomic E-state index is 3.60. The van der Waals surface area contributed by atoms with Gasteiger partial charge in [-0.2, -0.15) is 0 Å². The number of aryl methyl sites for hydroxylation is 1. The van der Waals surface area contributed by atoms with E-state index < -0.39 is 0 Å². The van der Waals surface area contributed by atoms with Gasteiger partial charge in [-0.15, -0.1) is 0 Å². The quantitative estimate of drug-likeness (QED) is 0.501. The summed E-state index contributed by atoms with van der Waals surface area (Å²) in [6, 6.07) is 17.3. The summed E-state index contributed by atoms with van der Waals surface area (Å²) in [5.74, 6) is 0. The molecular formula is C15H11Br. The Bertz CT molecular complexity index is 622. The average molecular weight is 271 g/mol. The highest BCUT2D eigenvalue weighted by molar-refractivity contribution is 9.10. The van der Waals surface area contributed by atoms with Crippen LogP contribution in [0.25, 0.3) is 21.5 Å². The molecule has 0 radical (unpaired) electrons. The summed E-state index contributed by atoms with van der Waals surface area (Å²) in [4.78, 5) is 0. The summed E-state index contributed by atoms with van der Waals surface area (Å²) in [6.07, 6.45) is 0. The molecule has 0 fully saturated rings. The molecule has 0 nitrogen and oxygen atoms in total. The molecule has 0 N–H and O–H groups in total. The van der Waals surface area contributed by atoms with Gasteiger partial charge in [-0.25, -0.2) is 0 Å². The first kappa shape index (κ1) is 9.86. The fourth-order valence-corrected chi connectivity index (χ4v) is 2.67. The van der Waals surface area contributed by atoms with Crippen LogP contribution in [0.2, 0.25) is 0 Å². The van der Waals surface area contributed by atoms with Gasteiger partial charge in [0.15, 0.2) is 0 Å². The van der Waals surface area contributed by atoms with E-state index in [-0.39, 0.29) is 0 Å². The summed E-state index contributed by atoms with van der Waals surface area (Å²) in [7, 11) is 0. The van der Waals surface area contributed by atoms with Crippen molar-refractivity contribution in [2.45, 2.75) is 6.92 Å². The minimum Gasteiger partial charge on any atom is -0.0614 e. The van der Waals surface area contributed by atoms with Crippen LogP contribution in [0.5, 0.6) is 0 Å². The van der Waals surface area contributed by atoms with Crippen molar-refractivity contribution in [2.75, 3.05) is 0 Å². The van der Waals surface area contributed by atoms with Crippen LogP contribution < -0.4 is 0 Å². The highest BCUT2D eigenvalue weighted by Crippen LogP contribution is 2.29. The third-order valence-electron chi connectivity index (χ3n) is 3.04. The molecule has 0 amide bonds. The average Bonchev–Trinajstić information content (AvgIpc) is 2.29. The highest BCUT2D eigenvalue weighted by Gasteiger charge is 2.02. The van der Waals surface area contributed by atoms with Gasteiger partial charge < -0.3 is 0 Å². The third-order valence-corrected chi connectivity index (χ3v) is 3.74. The molecule has 1 heteroatoms. The van der Waals surface area contributed by atoms with Gasteiger partial charge in [0.2, 0.25) is 0 Å². The summed E-state index contributed by atoms with van der Waals surface area (Å²) in [5, 5.41) is 5.21. The molecule has 0 atom stereocenters. The van der Waals surface area contributed by atoms with E-state index in [1.54, 1.807) is 0 Å². The Morgan fingerprint density at radius 1 is 0.812 bits per heavy atom. The lowest BCUT2D eigenvalue weighted by atomic mass is 10.0. The molecule has 78 valence electrons. The van der Waals surface area contributed by atoms with Gasteiger partial charge in [0.05, 0.1) is 0 Å². The SMILES string of the molecule is Cc1cccc2cc3c(Br)cccc3cc12. The van der Waals surface area contributed by atoms with Crippen LogP contribution in [-0.4, -0.2) is 0 Å². The maximum absolute atomic E-state index is 3.60. The Balaban J connectivity index is 2.54. The first-order valence-corrected chi connectivity index (χ1v) is 6.12. The van der Waals surface area contributed by atoms with Crippen molar-refractivity contribution in [3.05, 3.63) is 58.6 Å². The van der Waals surface area contributed by atoms with Crippen LogP contribution in [0.4, 0.5) is 0 Å². The molecule has 0 aliphatic rings. The van der Waals surface area contributed by atoms with Gasteiger partial charge in [-0.05, 0) is 52.2 Å². The van der Waals surface area contributed by atoms with Gasteiger partial charge in [0.1, 0.15) is 0 Å². The standard InChI is InChI=1S/C15H11Br/c1-10-4-2-5-11-9-14-12(8-13(10)11)6-3-7-15(14)16/h2-9H,1H3. The minimum atomic E-state index is 1.16. The number of hydrogen-bond acceptors (Lipinski definition) is 0. The van der Waals surface area contributed by atoms with Crippen LogP contribution in [0.3, 0.4) is 0 Å². The predicted molar refractivity (Wildman–Crippen MR) is 73.9 cm³/mol.